The first-order chi connectivity index (χ1) is 12.3. The Morgan fingerprint density at radius 3 is 2.48 bits per heavy atom. The maximum Gasteiger partial charge on any atom is 0.157 e. The summed E-state index contributed by atoms with van der Waals surface area (Å²) >= 11 is 0. The maximum atomic E-state index is 11.6. The molecule has 2 aliphatic rings. The van der Waals surface area contributed by atoms with Gasteiger partial charge in [-0.3, -0.25) is 14.6 Å². The van der Waals surface area contributed by atoms with Gasteiger partial charge in [-0.15, -0.1) is 0 Å². The highest BCUT2D eigenvalue weighted by Crippen LogP contribution is 2.29. The van der Waals surface area contributed by atoms with Crippen LogP contribution in [0.15, 0.2) is 54.6 Å². The topological polar surface area (TPSA) is 35.6 Å². The van der Waals surface area contributed by atoms with Crippen LogP contribution < -0.4 is 5.32 Å². The summed E-state index contributed by atoms with van der Waals surface area (Å²) in [5, 5.41) is 3.39. The molecule has 0 amide bonds. The minimum Gasteiger partial charge on any atom is -0.363 e. The lowest BCUT2D eigenvalue weighted by molar-refractivity contribution is -0.113. The fourth-order valence-electron chi connectivity index (χ4n) is 4.06. The molecule has 0 bridgehead atoms. The largest absolute Gasteiger partial charge is 0.363 e. The van der Waals surface area contributed by atoms with Crippen molar-refractivity contribution in [3.8, 4) is 0 Å². The Kier molecular flexibility index (Phi) is 4.81. The summed E-state index contributed by atoms with van der Waals surface area (Å²) < 4.78 is 0. The number of nitrogens with zero attached hydrogens (tertiary/aromatic N) is 2. The molecule has 4 nitrogen and oxygen atoms in total. The Hall–Kier alpha value is -2.17. The third kappa shape index (κ3) is 3.60. The van der Waals surface area contributed by atoms with Gasteiger partial charge in [0.1, 0.15) is 6.17 Å². The number of piperidine rings is 1. The van der Waals surface area contributed by atoms with Crippen LogP contribution in [0.2, 0.25) is 0 Å². The molecule has 2 aromatic rings. The predicted octanol–water partition coefficient (Wildman–Crippen LogP) is 3.10. The minimum absolute atomic E-state index is 0.208. The number of aldehydes is 1. The molecule has 4 heteroatoms. The van der Waals surface area contributed by atoms with Gasteiger partial charge in [-0.05, 0) is 43.1 Å². The van der Waals surface area contributed by atoms with E-state index in [0.717, 1.165) is 51.0 Å². The van der Waals surface area contributed by atoms with Crippen LogP contribution in [0.3, 0.4) is 0 Å². The van der Waals surface area contributed by atoms with E-state index in [1.165, 1.54) is 11.1 Å². The van der Waals surface area contributed by atoms with Gasteiger partial charge in [-0.25, -0.2) is 0 Å². The average Bonchev–Trinajstić information content (AvgIpc) is 2.68. The van der Waals surface area contributed by atoms with Crippen molar-refractivity contribution in [2.45, 2.75) is 38.1 Å². The van der Waals surface area contributed by atoms with E-state index in [2.05, 4.69) is 63.6 Å². The van der Waals surface area contributed by atoms with Crippen molar-refractivity contribution in [2.75, 3.05) is 18.4 Å². The summed E-state index contributed by atoms with van der Waals surface area (Å²) in [5.74, 6) is 0. The van der Waals surface area contributed by atoms with Crippen molar-refractivity contribution in [1.29, 1.82) is 0 Å². The lowest BCUT2D eigenvalue weighted by Crippen LogP contribution is -2.53. The van der Waals surface area contributed by atoms with E-state index in [-0.39, 0.29) is 6.17 Å². The van der Waals surface area contributed by atoms with E-state index < -0.39 is 0 Å². The van der Waals surface area contributed by atoms with Gasteiger partial charge in [0, 0.05) is 24.8 Å². The molecule has 0 radical (unpaired) electrons. The predicted molar refractivity (Wildman–Crippen MR) is 100 cm³/mol. The van der Waals surface area contributed by atoms with Crippen LogP contribution in [-0.4, -0.2) is 41.4 Å². The van der Waals surface area contributed by atoms with Crippen LogP contribution in [0.4, 0.5) is 5.69 Å². The average molecular weight is 335 g/mol. The van der Waals surface area contributed by atoms with Crippen molar-refractivity contribution in [1.82, 2.24) is 9.80 Å². The molecule has 1 unspecified atom stereocenters. The molecule has 4 rings (SSSR count). The first-order valence-electron chi connectivity index (χ1n) is 9.15. The molecule has 0 saturated carbocycles. The Bertz CT molecular complexity index is 710. The molecule has 1 N–H and O–H groups in total. The van der Waals surface area contributed by atoms with Crippen LogP contribution in [0.5, 0.6) is 0 Å². The Balaban J connectivity index is 1.39. The number of likely N-dealkylation sites (tertiary alicyclic amines) is 1. The molecule has 2 aromatic carbocycles. The molecule has 1 saturated heterocycles. The molecule has 2 heterocycles. The normalized spacial score (nSPS) is 22.2. The van der Waals surface area contributed by atoms with Gasteiger partial charge in [0.2, 0.25) is 0 Å². The van der Waals surface area contributed by atoms with Gasteiger partial charge in [-0.2, -0.15) is 0 Å². The fourth-order valence-corrected chi connectivity index (χ4v) is 4.06. The number of carbonyl (C=O) groups is 1. The van der Waals surface area contributed by atoms with Crippen molar-refractivity contribution in [3.63, 3.8) is 0 Å². The van der Waals surface area contributed by atoms with Gasteiger partial charge >= 0.3 is 0 Å². The number of fused-ring (bicyclic) bond motifs is 1. The molecule has 1 atom stereocenters. The number of benzene rings is 2. The highest BCUT2D eigenvalue weighted by Gasteiger charge is 2.32. The van der Waals surface area contributed by atoms with Crippen LogP contribution in [0, 0.1) is 0 Å². The first-order valence-corrected chi connectivity index (χ1v) is 9.15. The molecule has 0 spiro atoms. The van der Waals surface area contributed by atoms with E-state index in [1.807, 2.05) is 6.07 Å². The number of para-hydroxylation sites is 1. The number of rotatable bonds is 4. The number of anilines is 1. The molecule has 130 valence electrons. The number of hydrogen-bond acceptors (Lipinski definition) is 4. The highest BCUT2D eigenvalue weighted by atomic mass is 16.1. The summed E-state index contributed by atoms with van der Waals surface area (Å²) in [5.41, 5.74) is 3.75. The smallest absolute Gasteiger partial charge is 0.157 e. The quantitative estimate of drug-likeness (QED) is 0.871. The lowest BCUT2D eigenvalue weighted by Gasteiger charge is -2.43. The van der Waals surface area contributed by atoms with Gasteiger partial charge in [0.15, 0.2) is 6.29 Å². The lowest BCUT2D eigenvalue weighted by atomic mass is 9.99. The number of carbonyl (C=O) groups excluding carboxylic acids is 1. The third-order valence-electron chi connectivity index (χ3n) is 5.43. The molecule has 0 aromatic heterocycles. The zero-order valence-corrected chi connectivity index (χ0v) is 14.5. The minimum atomic E-state index is -0.208. The van der Waals surface area contributed by atoms with Crippen molar-refractivity contribution < 1.29 is 4.79 Å². The van der Waals surface area contributed by atoms with Crippen molar-refractivity contribution in [3.05, 3.63) is 65.7 Å². The second kappa shape index (κ2) is 7.38. The van der Waals surface area contributed by atoms with E-state index in [1.54, 1.807) is 0 Å². The van der Waals surface area contributed by atoms with Gasteiger partial charge in [0.25, 0.3) is 0 Å². The molecular formula is C21H25N3O. The second-order valence-electron chi connectivity index (χ2n) is 7.05. The monoisotopic (exact) mass is 335 g/mol. The molecule has 2 aliphatic heterocycles. The number of nitrogens with one attached hydrogen (secondary N) is 1. The van der Waals surface area contributed by atoms with E-state index in [0.29, 0.717) is 6.04 Å². The Morgan fingerprint density at radius 1 is 1.00 bits per heavy atom. The summed E-state index contributed by atoms with van der Waals surface area (Å²) in [7, 11) is 0. The van der Waals surface area contributed by atoms with E-state index >= 15 is 0 Å². The summed E-state index contributed by atoms with van der Waals surface area (Å²) in [6.07, 6.45) is 3.06. The van der Waals surface area contributed by atoms with Gasteiger partial charge < -0.3 is 5.32 Å². The molecule has 0 aliphatic carbocycles. The van der Waals surface area contributed by atoms with Crippen LogP contribution in [0.25, 0.3) is 0 Å². The molecule has 1 fully saturated rings. The first kappa shape index (κ1) is 16.3. The summed E-state index contributed by atoms with van der Waals surface area (Å²) in [6.45, 7) is 4.05. The zero-order chi connectivity index (χ0) is 17.1. The SMILES string of the molecule is O=CC1Nc2ccccc2CN1C1CCN(Cc2ccccc2)CC1. The summed E-state index contributed by atoms with van der Waals surface area (Å²) in [4.78, 5) is 16.5. The van der Waals surface area contributed by atoms with Gasteiger partial charge in [-0.1, -0.05) is 48.5 Å². The van der Waals surface area contributed by atoms with Crippen LogP contribution in [0.1, 0.15) is 24.0 Å². The van der Waals surface area contributed by atoms with Crippen molar-refractivity contribution in [2.24, 2.45) is 0 Å². The second-order valence-corrected chi connectivity index (χ2v) is 7.05. The maximum absolute atomic E-state index is 11.6. The van der Waals surface area contributed by atoms with E-state index in [9.17, 15) is 4.79 Å². The third-order valence-corrected chi connectivity index (χ3v) is 5.43. The molecule has 25 heavy (non-hydrogen) atoms. The standard InChI is InChI=1S/C21H25N3O/c25-16-21-22-20-9-5-4-8-18(20)15-24(21)19-10-12-23(13-11-19)14-17-6-2-1-3-7-17/h1-9,16,19,21-22H,10-15H2. The van der Waals surface area contributed by atoms with E-state index in [4.69, 9.17) is 0 Å². The van der Waals surface area contributed by atoms with Gasteiger partial charge in [0.05, 0.1) is 0 Å². The Morgan fingerprint density at radius 2 is 1.72 bits per heavy atom. The van der Waals surface area contributed by atoms with Crippen LogP contribution >= 0.6 is 0 Å². The fraction of sp³-hybridized carbons (Fsp3) is 0.381. The van der Waals surface area contributed by atoms with Crippen molar-refractivity contribution >= 4 is 12.0 Å². The van der Waals surface area contributed by atoms with Crippen LogP contribution in [-0.2, 0) is 17.9 Å². The highest BCUT2D eigenvalue weighted by molar-refractivity contribution is 5.67. The Labute approximate surface area is 149 Å². The number of hydrogen-bond donors (Lipinski definition) is 1. The molecular weight excluding hydrogens is 310 g/mol. The zero-order valence-electron chi connectivity index (χ0n) is 14.5. The summed E-state index contributed by atoms with van der Waals surface area (Å²) in [6, 6.07) is 19.4.